The summed E-state index contributed by atoms with van der Waals surface area (Å²) in [7, 11) is 1.43. The first kappa shape index (κ1) is 15.5. The lowest BCUT2D eigenvalue weighted by molar-refractivity contribution is -0.136. The highest BCUT2D eigenvalue weighted by molar-refractivity contribution is 5.78. The number of carbonyl (C=O) groups is 1. The second-order valence-corrected chi connectivity index (χ2v) is 4.34. The van der Waals surface area contributed by atoms with E-state index in [-0.39, 0.29) is 5.97 Å². The quantitative estimate of drug-likeness (QED) is 0.389. The van der Waals surface area contributed by atoms with Crippen LogP contribution in [0.25, 0.3) is 0 Å². The molecule has 0 saturated carbocycles. The molecule has 0 aliphatic carbocycles. The molecule has 2 nitrogen and oxygen atoms in total. The molecule has 95 valence electrons. The van der Waals surface area contributed by atoms with Crippen LogP contribution < -0.4 is 0 Å². The van der Waals surface area contributed by atoms with Gasteiger partial charge in [-0.2, -0.15) is 0 Å². The van der Waals surface area contributed by atoms with E-state index in [0.717, 1.165) is 12.8 Å². The molecule has 0 aromatic rings. The molecule has 1 radical (unpaired) electrons. The van der Waals surface area contributed by atoms with Crippen molar-refractivity contribution in [3.8, 4) is 0 Å². The van der Waals surface area contributed by atoms with Gasteiger partial charge in [-0.25, -0.2) is 0 Å². The van der Waals surface area contributed by atoms with Crippen molar-refractivity contribution in [1.29, 1.82) is 0 Å². The minimum Gasteiger partial charge on any atom is -0.469 e. The molecular weight excluding hydrogens is 200 g/mol. The normalized spacial score (nSPS) is 10.4. The van der Waals surface area contributed by atoms with E-state index in [9.17, 15) is 4.79 Å². The largest absolute Gasteiger partial charge is 0.469 e. The van der Waals surface area contributed by atoms with Crippen LogP contribution in [0.5, 0.6) is 0 Å². The minimum absolute atomic E-state index is 0.195. The SMILES string of the molecule is CCCCCCCCCCC[CH]C(=O)OC. The summed E-state index contributed by atoms with van der Waals surface area (Å²) in [6.45, 7) is 2.25. The Balaban J connectivity index is 2.96. The molecule has 0 aromatic heterocycles. The van der Waals surface area contributed by atoms with Crippen LogP contribution >= 0.6 is 0 Å². The van der Waals surface area contributed by atoms with E-state index < -0.39 is 0 Å². The summed E-state index contributed by atoms with van der Waals surface area (Å²) in [6, 6.07) is 0. The van der Waals surface area contributed by atoms with Gasteiger partial charge in [-0.15, -0.1) is 0 Å². The Labute approximate surface area is 101 Å². The molecule has 0 fully saturated rings. The zero-order chi connectivity index (χ0) is 12.1. The molecular formula is C14H27O2. The Kier molecular flexibility index (Phi) is 12.1. The lowest BCUT2D eigenvalue weighted by Gasteiger charge is -2.01. The van der Waals surface area contributed by atoms with Gasteiger partial charge in [0.1, 0.15) is 0 Å². The number of ether oxygens (including phenoxy) is 1. The maximum absolute atomic E-state index is 10.8. The van der Waals surface area contributed by atoms with E-state index in [1.165, 1.54) is 58.5 Å². The maximum Gasteiger partial charge on any atom is 0.309 e. The second kappa shape index (κ2) is 12.5. The van der Waals surface area contributed by atoms with Gasteiger partial charge >= 0.3 is 5.97 Å². The first-order chi connectivity index (χ1) is 7.81. The molecule has 0 heterocycles. The third-order valence-electron chi connectivity index (χ3n) is 2.82. The number of esters is 1. The topological polar surface area (TPSA) is 26.3 Å². The van der Waals surface area contributed by atoms with Crippen molar-refractivity contribution >= 4 is 5.97 Å². The fourth-order valence-corrected chi connectivity index (χ4v) is 1.76. The van der Waals surface area contributed by atoms with Gasteiger partial charge in [0.2, 0.25) is 0 Å². The highest BCUT2D eigenvalue weighted by Crippen LogP contribution is 2.11. The van der Waals surface area contributed by atoms with E-state index in [4.69, 9.17) is 0 Å². The molecule has 0 amide bonds. The standard InChI is InChI=1S/C14H27O2/c1-3-4-5-6-7-8-9-10-11-12-13-14(15)16-2/h13H,3-12H2,1-2H3. The van der Waals surface area contributed by atoms with Crippen molar-refractivity contribution in [1.82, 2.24) is 0 Å². The van der Waals surface area contributed by atoms with Crippen molar-refractivity contribution in [3.63, 3.8) is 0 Å². The van der Waals surface area contributed by atoms with Crippen molar-refractivity contribution in [2.75, 3.05) is 7.11 Å². The van der Waals surface area contributed by atoms with Crippen LogP contribution in [-0.2, 0) is 9.53 Å². The Morgan fingerprint density at radius 2 is 1.44 bits per heavy atom. The van der Waals surface area contributed by atoms with Crippen LogP contribution in [0.15, 0.2) is 0 Å². The third-order valence-corrected chi connectivity index (χ3v) is 2.82. The molecule has 0 bridgehead atoms. The number of rotatable bonds is 11. The number of carbonyl (C=O) groups excluding carboxylic acids is 1. The minimum atomic E-state index is -0.195. The lowest BCUT2D eigenvalue weighted by atomic mass is 10.1. The summed E-state index contributed by atoms with van der Waals surface area (Å²) >= 11 is 0. The number of unbranched alkanes of at least 4 members (excludes halogenated alkanes) is 9. The van der Waals surface area contributed by atoms with Crippen LogP contribution in [0.2, 0.25) is 0 Å². The lowest BCUT2D eigenvalue weighted by Crippen LogP contribution is -2.00. The molecule has 0 aromatic carbocycles. The first-order valence-corrected chi connectivity index (χ1v) is 6.72. The molecule has 0 saturated heterocycles. The Hall–Kier alpha value is -0.530. The number of methoxy groups -OCH3 is 1. The Morgan fingerprint density at radius 3 is 1.94 bits per heavy atom. The fraction of sp³-hybridized carbons (Fsp3) is 0.857. The van der Waals surface area contributed by atoms with Crippen LogP contribution in [0.1, 0.15) is 71.1 Å². The molecule has 0 N–H and O–H groups in total. The van der Waals surface area contributed by atoms with Crippen molar-refractivity contribution < 1.29 is 9.53 Å². The third kappa shape index (κ3) is 11.5. The molecule has 2 heteroatoms. The molecule has 16 heavy (non-hydrogen) atoms. The molecule has 0 aliphatic heterocycles. The smallest absolute Gasteiger partial charge is 0.309 e. The van der Waals surface area contributed by atoms with Crippen LogP contribution in [0.4, 0.5) is 0 Å². The summed E-state index contributed by atoms with van der Waals surface area (Å²) in [5, 5.41) is 0. The highest BCUT2D eigenvalue weighted by Gasteiger charge is 1.99. The zero-order valence-corrected chi connectivity index (χ0v) is 11.0. The average Bonchev–Trinajstić information content (AvgIpc) is 2.31. The zero-order valence-electron chi connectivity index (χ0n) is 11.0. The average molecular weight is 227 g/mol. The molecule has 0 spiro atoms. The van der Waals surface area contributed by atoms with Gasteiger partial charge in [0.25, 0.3) is 0 Å². The van der Waals surface area contributed by atoms with Crippen LogP contribution in [0.3, 0.4) is 0 Å². The number of hydrogen-bond acceptors (Lipinski definition) is 2. The van der Waals surface area contributed by atoms with E-state index in [1.54, 1.807) is 6.42 Å². The molecule has 0 rings (SSSR count). The summed E-state index contributed by atoms with van der Waals surface area (Å²) < 4.78 is 4.54. The van der Waals surface area contributed by atoms with Gasteiger partial charge < -0.3 is 4.74 Å². The predicted molar refractivity (Wildman–Crippen MR) is 68.2 cm³/mol. The van der Waals surface area contributed by atoms with Gasteiger partial charge in [-0.3, -0.25) is 4.79 Å². The molecule has 0 atom stereocenters. The summed E-state index contributed by atoms with van der Waals surface area (Å²) in [5.41, 5.74) is 0. The Morgan fingerprint density at radius 1 is 0.938 bits per heavy atom. The Bertz CT molecular complexity index is 155. The predicted octanol–water partition coefficient (Wildman–Crippen LogP) is 4.28. The van der Waals surface area contributed by atoms with Gasteiger partial charge in [-0.1, -0.05) is 64.7 Å². The summed E-state index contributed by atoms with van der Waals surface area (Å²) in [5.74, 6) is -0.195. The van der Waals surface area contributed by atoms with Gasteiger partial charge in [0.05, 0.1) is 13.5 Å². The molecule has 0 unspecified atom stereocenters. The van der Waals surface area contributed by atoms with E-state index in [0.29, 0.717) is 0 Å². The summed E-state index contributed by atoms with van der Waals surface area (Å²) in [6.07, 6.45) is 14.4. The van der Waals surface area contributed by atoms with Crippen molar-refractivity contribution in [2.24, 2.45) is 0 Å². The highest BCUT2D eigenvalue weighted by atomic mass is 16.5. The van der Waals surface area contributed by atoms with E-state index in [1.807, 2.05) is 0 Å². The van der Waals surface area contributed by atoms with E-state index in [2.05, 4.69) is 11.7 Å². The maximum atomic E-state index is 10.8. The molecule has 0 aliphatic rings. The fourth-order valence-electron chi connectivity index (χ4n) is 1.76. The summed E-state index contributed by atoms with van der Waals surface area (Å²) in [4.78, 5) is 10.8. The van der Waals surface area contributed by atoms with Crippen LogP contribution in [0, 0.1) is 6.42 Å². The van der Waals surface area contributed by atoms with Crippen LogP contribution in [-0.4, -0.2) is 13.1 Å². The van der Waals surface area contributed by atoms with Crippen molar-refractivity contribution in [3.05, 3.63) is 6.42 Å². The first-order valence-electron chi connectivity index (χ1n) is 6.72. The second-order valence-electron chi connectivity index (χ2n) is 4.34. The van der Waals surface area contributed by atoms with Gasteiger partial charge in [0, 0.05) is 0 Å². The number of hydrogen-bond donors (Lipinski definition) is 0. The van der Waals surface area contributed by atoms with Gasteiger partial charge in [-0.05, 0) is 6.42 Å². The van der Waals surface area contributed by atoms with Gasteiger partial charge in [0.15, 0.2) is 0 Å². The van der Waals surface area contributed by atoms with Crippen molar-refractivity contribution in [2.45, 2.75) is 71.1 Å². The monoisotopic (exact) mass is 227 g/mol. The van der Waals surface area contributed by atoms with E-state index >= 15 is 0 Å².